The Morgan fingerprint density at radius 1 is 1.00 bits per heavy atom. The molecule has 2 aromatic carbocycles. The van der Waals surface area contributed by atoms with E-state index in [2.05, 4.69) is 46.6 Å². The van der Waals surface area contributed by atoms with Crippen LogP contribution >= 0.6 is 0 Å². The molecule has 0 saturated carbocycles. The third-order valence-electron chi connectivity index (χ3n) is 4.79. The van der Waals surface area contributed by atoms with E-state index in [-0.39, 0.29) is 5.91 Å². The minimum atomic E-state index is 0.0527. The Balaban J connectivity index is 1.45. The molecule has 1 aliphatic heterocycles. The quantitative estimate of drug-likeness (QED) is 0.791. The summed E-state index contributed by atoms with van der Waals surface area (Å²) in [5.41, 5.74) is 5.30. The van der Waals surface area contributed by atoms with Gasteiger partial charge in [-0.1, -0.05) is 42.5 Å². The van der Waals surface area contributed by atoms with E-state index < -0.39 is 0 Å². The molecule has 0 aliphatic carbocycles. The summed E-state index contributed by atoms with van der Waals surface area (Å²) in [6.07, 6.45) is 5.67. The lowest BCUT2D eigenvalue weighted by Crippen LogP contribution is -2.35. The minimum Gasteiger partial charge on any atom is -0.305 e. The van der Waals surface area contributed by atoms with Gasteiger partial charge in [0, 0.05) is 12.1 Å². The van der Waals surface area contributed by atoms with Crippen molar-refractivity contribution in [2.45, 2.75) is 25.7 Å². The van der Waals surface area contributed by atoms with Gasteiger partial charge in [0.2, 0.25) is 0 Å². The molecule has 0 fully saturated rings. The number of hydrogen-bond donors (Lipinski definition) is 1. The van der Waals surface area contributed by atoms with Crippen LogP contribution in [0.15, 0.2) is 60.8 Å². The first-order valence-electron chi connectivity index (χ1n) is 8.78. The lowest BCUT2D eigenvalue weighted by atomic mass is 10.0. The predicted octanol–water partition coefficient (Wildman–Crippen LogP) is 3.79. The lowest BCUT2D eigenvalue weighted by Gasteiger charge is -2.26. The maximum atomic E-state index is 12.8. The first-order chi connectivity index (χ1) is 12.3. The summed E-state index contributed by atoms with van der Waals surface area (Å²) >= 11 is 0. The van der Waals surface area contributed by atoms with Gasteiger partial charge in [-0.15, -0.1) is 0 Å². The molecule has 0 radical (unpaired) electrons. The Morgan fingerprint density at radius 3 is 2.48 bits per heavy atom. The Kier molecular flexibility index (Phi) is 4.34. The van der Waals surface area contributed by atoms with Crippen LogP contribution in [0.4, 0.5) is 5.69 Å². The number of aromatic nitrogens is 2. The van der Waals surface area contributed by atoms with E-state index in [1.165, 1.54) is 11.1 Å². The van der Waals surface area contributed by atoms with Crippen LogP contribution in [0.1, 0.15) is 33.6 Å². The summed E-state index contributed by atoms with van der Waals surface area (Å²) < 4.78 is 0. The van der Waals surface area contributed by atoms with E-state index >= 15 is 0 Å². The second-order valence-electron chi connectivity index (χ2n) is 6.48. The molecule has 1 aromatic heterocycles. The summed E-state index contributed by atoms with van der Waals surface area (Å²) in [6, 6.07) is 18.5. The van der Waals surface area contributed by atoms with Crippen molar-refractivity contribution < 1.29 is 4.79 Å². The van der Waals surface area contributed by atoms with Crippen molar-refractivity contribution in [1.82, 2.24) is 10.2 Å². The topological polar surface area (TPSA) is 49.0 Å². The van der Waals surface area contributed by atoms with Gasteiger partial charge in [0.1, 0.15) is 0 Å². The summed E-state index contributed by atoms with van der Waals surface area (Å²) in [5, 5.41) is 7.07. The third kappa shape index (κ3) is 3.33. The molecule has 3 aromatic rings. The lowest BCUT2D eigenvalue weighted by molar-refractivity contribution is 0.0985. The number of benzene rings is 2. The molecule has 1 amide bonds. The number of anilines is 1. The summed E-state index contributed by atoms with van der Waals surface area (Å²) in [4.78, 5) is 14.7. The van der Waals surface area contributed by atoms with Crippen molar-refractivity contribution in [2.75, 3.05) is 11.4 Å². The molecule has 1 N–H and O–H groups in total. The van der Waals surface area contributed by atoms with Crippen LogP contribution < -0.4 is 4.90 Å². The number of hydrogen-bond acceptors (Lipinski definition) is 2. The highest BCUT2D eigenvalue weighted by Gasteiger charge is 2.24. The van der Waals surface area contributed by atoms with Gasteiger partial charge < -0.3 is 4.90 Å². The second-order valence-corrected chi connectivity index (χ2v) is 6.48. The van der Waals surface area contributed by atoms with Crippen molar-refractivity contribution in [1.29, 1.82) is 0 Å². The van der Waals surface area contributed by atoms with Crippen LogP contribution in [-0.2, 0) is 19.3 Å². The van der Waals surface area contributed by atoms with Crippen molar-refractivity contribution in [3.05, 3.63) is 83.2 Å². The predicted molar refractivity (Wildman–Crippen MR) is 98.9 cm³/mol. The van der Waals surface area contributed by atoms with E-state index in [0.717, 1.165) is 49.2 Å². The summed E-state index contributed by atoms with van der Waals surface area (Å²) in [7, 11) is 0. The number of nitrogens with one attached hydrogen (secondary N) is 1. The normalized spacial score (nSPS) is 13.5. The maximum absolute atomic E-state index is 12.8. The first kappa shape index (κ1) is 15.6. The Morgan fingerprint density at radius 2 is 1.72 bits per heavy atom. The molecular weight excluding hydrogens is 310 g/mol. The summed E-state index contributed by atoms with van der Waals surface area (Å²) in [5.74, 6) is 0.0527. The average Bonchev–Trinajstić information content (AvgIpc) is 3.16. The van der Waals surface area contributed by atoms with Crippen molar-refractivity contribution in [2.24, 2.45) is 0 Å². The number of aryl methyl sites for hydroxylation is 3. The van der Waals surface area contributed by atoms with Gasteiger partial charge in [-0.05, 0) is 48.9 Å². The van der Waals surface area contributed by atoms with Gasteiger partial charge in [0.05, 0.1) is 17.6 Å². The monoisotopic (exact) mass is 331 g/mol. The molecule has 2 heterocycles. The first-order valence-corrected chi connectivity index (χ1v) is 8.78. The number of carbonyl (C=O) groups excluding carboxylic acids is 1. The fourth-order valence-electron chi connectivity index (χ4n) is 3.37. The molecule has 25 heavy (non-hydrogen) atoms. The molecule has 4 rings (SSSR count). The number of fused-ring (bicyclic) bond motifs is 1. The van der Waals surface area contributed by atoms with Gasteiger partial charge in [-0.2, -0.15) is 5.10 Å². The second kappa shape index (κ2) is 6.93. The van der Waals surface area contributed by atoms with Gasteiger partial charge in [-0.25, -0.2) is 0 Å². The molecule has 0 unspecified atom stereocenters. The number of nitrogens with zero attached hydrogens (tertiary/aromatic N) is 2. The van der Waals surface area contributed by atoms with Crippen LogP contribution in [0, 0.1) is 0 Å². The van der Waals surface area contributed by atoms with Crippen LogP contribution in [0.3, 0.4) is 0 Å². The SMILES string of the molecule is O=C(c1ccc(CCc2ccccc2)cc1)N1CCCc2[nH]ncc21. The molecule has 0 saturated heterocycles. The molecule has 4 nitrogen and oxygen atoms in total. The molecule has 0 spiro atoms. The highest BCUT2D eigenvalue weighted by Crippen LogP contribution is 2.26. The Bertz CT molecular complexity index is 852. The van der Waals surface area contributed by atoms with E-state index in [1.54, 1.807) is 6.20 Å². The molecule has 1 aliphatic rings. The van der Waals surface area contributed by atoms with Gasteiger partial charge in [0.15, 0.2) is 0 Å². The molecule has 0 bridgehead atoms. The fourth-order valence-corrected chi connectivity index (χ4v) is 3.37. The van der Waals surface area contributed by atoms with Gasteiger partial charge >= 0.3 is 0 Å². The number of rotatable bonds is 4. The van der Waals surface area contributed by atoms with Crippen LogP contribution in [0.25, 0.3) is 0 Å². The smallest absolute Gasteiger partial charge is 0.258 e. The molecular formula is C21H21N3O. The molecule has 126 valence electrons. The Hall–Kier alpha value is -2.88. The number of carbonyl (C=O) groups is 1. The van der Waals surface area contributed by atoms with Crippen molar-refractivity contribution in [3.63, 3.8) is 0 Å². The van der Waals surface area contributed by atoms with Gasteiger partial charge in [-0.3, -0.25) is 9.89 Å². The van der Waals surface area contributed by atoms with E-state index in [9.17, 15) is 4.79 Å². The van der Waals surface area contributed by atoms with Gasteiger partial charge in [0.25, 0.3) is 5.91 Å². The van der Waals surface area contributed by atoms with E-state index in [0.29, 0.717) is 0 Å². The van der Waals surface area contributed by atoms with Crippen molar-refractivity contribution in [3.8, 4) is 0 Å². The van der Waals surface area contributed by atoms with Crippen LogP contribution in [0.5, 0.6) is 0 Å². The van der Waals surface area contributed by atoms with E-state index in [1.807, 2.05) is 23.1 Å². The Labute approximate surface area is 147 Å². The zero-order valence-electron chi connectivity index (χ0n) is 14.1. The van der Waals surface area contributed by atoms with Crippen molar-refractivity contribution >= 4 is 11.6 Å². The molecule has 4 heteroatoms. The number of amides is 1. The largest absolute Gasteiger partial charge is 0.305 e. The van der Waals surface area contributed by atoms with Crippen LogP contribution in [-0.4, -0.2) is 22.6 Å². The maximum Gasteiger partial charge on any atom is 0.258 e. The zero-order chi connectivity index (χ0) is 17.1. The highest BCUT2D eigenvalue weighted by molar-refractivity contribution is 6.06. The molecule has 0 atom stereocenters. The minimum absolute atomic E-state index is 0.0527. The van der Waals surface area contributed by atoms with Crippen LogP contribution in [0.2, 0.25) is 0 Å². The standard InChI is InChI=1S/C21H21N3O/c25-21(24-14-4-7-19-20(24)15-22-23-19)18-12-10-17(11-13-18)9-8-16-5-2-1-3-6-16/h1-3,5-6,10-13,15H,4,7-9,14H2,(H,22,23). The highest BCUT2D eigenvalue weighted by atomic mass is 16.2. The zero-order valence-corrected chi connectivity index (χ0v) is 14.1. The fraction of sp³-hybridized carbons (Fsp3) is 0.238. The average molecular weight is 331 g/mol. The summed E-state index contributed by atoms with van der Waals surface area (Å²) in [6.45, 7) is 0.751. The number of H-pyrrole nitrogens is 1. The van der Waals surface area contributed by atoms with E-state index in [4.69, 9.17) is 0 Å². The third-order valence-corrected chi connectivity index (χ3v) is 4.79. The number of aromatic amines is 1.